The van der Waals surface area contributed by atoms with E-state index in [4.69, 9.17) is 0 Å². The summed E-state index contributed by atoms with van der Waals surface area (Å²) in [6.07, 6.45) is 1.47. The molecule has 1 aromatic carbocycles. The van der Waals surface area contributed by atoms with Crippen molar-refractivity contribution in [2.45, 2.75) is 32.6 Å². The van der Waals surface area contributed by atoms with Gasteiger partial charge in [-0.1, -0.05) is 24.3 Å². The largest absolute Gasteiger partial charge is 0.294 e. The summed E-state index contributed by atoms with van der Waals surface area (Å²) in [6.45, 7) is 4.08. The monoisotopic (exact) mass is 251 g/mol. The SMILES string of the molecule is Cc1ccc2c(n1)CC(c1ccccc1C)CC2=O. The number of nitrogens with zero attached hydrogens (tertiary/aromatic N) is 1. The van der Waals surface area contributed by atoms with Gasteiger partial charge in [-0.05, 0) is 49.4 Å². The van der Waals surface area contributed by atoms with E-state index >= 15 is 0 Å². The van der Waals surface area contributed by atoms with Gasteiger partial charge in [0, 0.05) is 17.7 Å². The maximum absolute atomic E-state index is 12.3. The molecule has 19 heavy (non-hydrogen) atoms. The number of fused-ring (bicyclic) bond motifs is 1. The van der Waals surface area contributed by atoms with Crippen LogP contribution >= 0.6 is 0 Å². The van der Waals surface area contributed by atoms with Gasteiger partial charge in [-0.3, -0.25) is 9.78 Å². The average Bonchev–Trinajstić information content (AvgIpc) is 2.38. The Kier molecular flexibility index (Phi) is 2.94. The number of benzene rings is 1. The van der Waals surface area contributed by atoms with Crippen molar-refractivity contribution in [3.05, 3.63) is 64.5 Å². The number of carbonyl (C=O) groups excluding carboxylic acids is 1. The van der Waals surface area contributed by atoms with E-state index < -0.39 is 0 Å². The minimum atomic E-state index is 0.224. The molecule has 96 valence electrons. The molecule has 1 aliphatic carbocycles. The lowest BCUT2D eigenvalue weighted by atomic mass is 9.80. The number of ketones is 1. The van der Waals surface area contributed by atoms with Crippen molar-refractivity contribution in [1.82, 2.24) is 4.98 Å². The molecule has 0 radical (unpaired) electrons. The zero-order valence-electron chi connectivity index (χ0n) is 11.3. The van der Waals surface area contributed by atoms with Crippen molar-refractivity contribution in [1.29, 1.82) is 0 Å². The van der Waals surface area contributed by atoms with Crippen LogP contribution in [0.4, 0.5) is 0 Å². The Morgan fingerprint density at radius 2 is 1.84 bits per heavy atom. The first-order valence-electron chi connectivity index (χ1n) is 6.70. The quantitative estimate of drug-likeness (QED) is 0.775. The number of hydrogen-bond donors (Lipinski definition) is 0. The van der Waals surface area contributed by atoms with Gasteiger partial charge in [0.05, 0.1) is 5.69 Å². The van der Waals surface area contributed by atoms with E-state index in [0.29, 0.717) is 6.42 Å². The number of carbonyl (C=O) groups is 1. The zero-order chi connectivity index (χ0) is 13.4. The Hall–Kier alpha value is -1.96. The van der Waals surface area contributed by atoms with E-state index in [9.17, 15) is 4.79 Å². The van der Waals surface area contributed by atoms with Crippen LogP contribution in [-0.4, -0.2) is 10.8 Å². The zero-order valence-corrected chi connectivity index (χ0v) is 11.3. The number of aromatic nitrogens is 1. The maximum atomic E-state index is 12.3. The molecule has 1 aliphatic rings. The molecule has 0 fully saturated rings. The van der Waals surface area contributed by atoms with Crippen molar-refractivity contribution in [3.63, 3.8) is 0 Å². The highest BCUT2D eigenvalue weighted by molar-refractivity contribution is 5.98. The molecule has 0 amide bonds. The summed E-state index contributed by atoms with van der Waals surface area (Å²) in [7, 11) is 0. The predicted octanol–water partition coefficient (Wildman–Crippen LogP) is 3.61. The van der Waals surface area contributed by atoms with Crippen LogP contribution in [-0.2, 0) is 6.42 Å². The second kappa shape index (κ2) is 4.61. The molecule has 0 N–H and O–H groups in total. The second-order valence-electron chi connectivity index (χ2n) is 5.33. The molecule has 2 aromatic rings. The molecule has 0 bridgehead atoms. The van der Waals surface area contributed by atoms with Gasteiger partial charge in [0.1, 0.15) is 0 Å². The smallest absolute Gasteiger partial charge is 0.165 e. The second-order valence-corrected chi connectivity index (χ2v) is 5.33. The summed E-state index contributed by atoms with van der Waals surface area (Å²) in [4.78, 5) is 16.8. The first-order valence-corrected chi connectivity index (χ1v) is 6.70. The van der Waals surface area contributed by atoms with Gasteiger partial charge >= 0.3 is 0 Å². The standard InChI is InChI=1S/C17H17NO/c1-11-5-3-4-6-14(11)13-9-16-15(17(19)10-13)8-7-12(2)18-16/h3-8,13H,9-10H2,1-2H3. The third-order valence-electron chi connectivity index (χ3n) is 3.91. The van der Waals surface area contributed by atoms with Crippen LogP contribution in [0, 0.1) is 13.8 Å². The number of pyridine rings is 1. The molecule has 1 atom stereocenters. The van der Waals surface area contributed by atoms with Crippen LogP contribution in [0.15, 0.2) is 36.4 Å². The fourth-order valence-corrected chi connectivity index (χ4v) is 2.92. The summed E-state index contributed by atoms with van der Waals surface area (Å²) in [6, 6.07) is 12.2. The molecule has 0 saturated heterocycles. The van der Waals surface area contributed by atoms with Crippen molar-refractivity contribution in [2.75, 3.05) is 0 Å². The molecule has 0 aliphatic heterocycles. The third kappa shape index (κ3) is 2.19. The van der Waals surface area contributed by atoms with E-state index in [1.54, 1.807) is 0 Å². The molecule has 1 unspecified atom stereocenters. The van der Waals surface area contributed by atoms with Gasteiger partial charge in [0.25, 0.3) is 0 Å². The first-order chi connectivity index (χ1) is 9.15. The maximum Gasteiger partial charge on any atom is 0.165 e. The van der Waals surface area contributed by atoms with Gasteiger partial charge in [-0.15, -0.1) is 0 Å². The van der Waals surface area contributed by atoms with E-state index in [1.165, 1.54) is 11.1 Å². The van der Waals surface area contributed by atoms with Crippen molar-refractivity contribution >= 4 is 5.78 Å². The Morgan fingerprint density at radius 1 is 1.05 bits per heavy atom. The molecule has 0 spiro atoms. The highest BCUT2D eigenvalue weighted by Gasteiger charge is 2.27. The highest BCUT2D eigenvalue weighted by Crippen LogP contribution is 2.33. The topological polar surface area (TPSA) is 30.0 Å². The number of rotatable bonds is 1. The van der Waals surface area contributed by atoms with Crippen molar-refractivity contribution in [2.24, 2.45) is 0 Å². The lowest BCUT2D eigenvalue weighted by Gasteiger charge is -2.24. The van der Waals surface area contributed by atoms with Crippen molar-refractivity contribution in [3.8, 4) is 0 Å². The summed E-state index contributed by atoms with van der Waals surface area (Å²) in [5.41, 5.74) is 5.30. The fourth-order valence-electron chi connectivity index (χ4n) is 2.92. The molecular weight excluding hydrogens is 234 g/mol. The average molecular weight is 251 g/mol. The van der Waals surface area contributed by atoms with E-state index in [1.807, 2.05) is 31.2 Å². The molecule has 1 heterocycles. The van der Waals surface area contributed by atoms with Crippen LogP contribution < -0.4 is 0 Å². The van der Waals surface area contributed by atoms with Crippen LogP contribution in [0.3, 0.4) is 0 Å². The van der Waals surface area contributed by atoms with Gasteiger partial charge in [-0.2, -0.15) is 0 Å². The van der Waals surface area contributed by atoms with Crippen LogP contribution in [0.25, 0.3) is 0 Å². The third-order valence-corrected chi connectivity index (χ3v) is 3.91. The molecule has 3 rings (SSSR count). The lowest BCUT2D eigenvalue weighted by Crippen LogP contribution is -2.20. The number of hydrogen-bond acceptors (Lipinski definition) is 2. The molecule has 0 saturated carbocycles. The van der Waals surface area contributed by atoms with Gasteiger partial charge in [-0.25, -0.2) is 0 Å². The van der Waals surface area contributed by atoms with E-state index in [-0.39, 0.29) is 11.7 Å². The van der Waals surface area contributed by atoms with Gasteiger partial charge in [0.2, 0.25) is 0 Å². The Labute approximate surface area is 113 Å². The Morgan fingerprint density at radius 3 is 2.63 bits per heavy atom. The Balaban J connectivity index is 2.01. The lowest BCUT2D eigenvalue weighted by molar-refractivity contribution is 0.0963. The van der Waals surface area contributed by atoms with E-state index in [2.05, 4.69) is 24.0 Å². The summed E-state index contributed by atoms with van der Waals surface area (Å²) < 4.78 is 0. The molecule has 2 nitrogen and oxygen atoms in total. The fraction of sp³-hybridized carbons (Fsp3) is 0.294. The predicted molar refractivity (Wildman–Crippen MR) is 75.5 cm³/mol. The van der Waals surface area contributed by atoms with Crippen LogP contribution in [0.2, 0.25) is 0 Å². The van der Waals surface area contributed by atoms with Crippen LogP contribution in [0.1, 0.15) is 45.2 Å². The normalized spacial score (nSPS) is 18.2. The minimum absolute atomic E-state index is 0.224. The summed E-state index contributed by atoms with van der Waals surface area (Å²) in [5, 5.41) is 0. The number of aryl methyl sites for hydroxylation is 2. The molecular formula is C17H17NO. The highest BCUT2D eigenvalue weighted by atomic mass is 16.1. The summed E-state index contributed by atoms with van der Waals surface area (Å²) >= 11 is 0. The molecule has 2 heteroatoms. The van der Waals surface area contributed by atoms with Gasteiger partial charge < -0.3 is 0 Å². The van der Waals surface area contributed by atoms with E-state index in [0.717, 1.165) is 23.4 Å². The van der Waals surface area contributed by atoms with Crippen molar-refractivity contribution < 1.29 is 4.79 Å². The minimum Gasteiger partial charge on any atom is -0.294 e. The first kappa shape index (κ1) is 12.1. The Bertz CT molecular complexity index is 645. The number of Topliss-reactive ketones (excluding diaryl/α,β-unsaturated/α-hetero) is 1. The van der Waals surface area contributed by atoms with Gasteiger partial charge in [0.15, 0.2) is 5.78 Å². The summed E-state index contributed by atoms with van der Waals surface area (Å²) in [5.74, 6) is 0.498. The van der Waals surface area contributed by atoms with Crippen LogP contribution in [0.5, 0.6) is 0 Å². The molecule has 1 aromatic heterocycles.